The molecule has 1 fully saturated rings. The van der Waals surface area contributed by atoms with Crippen LogP contribution in [0.25, 0.3) is 11.1 Å². The first-order chi connectivity index (χ1) is 14.4. The Kier molecular flexibility index (Phi) is 6.01. The van der Waals surface area contributed by atoms with Crippen molar-refractivity contribution in [1.82, 2.24) is 19.9 Å². The maximum atomic E-state index is 13.1. The molecule has 0 aliphatic carbocycles. The van der Waals surface area contributed by atoms with E-state index >= 15 is 0 Å². The van der Waals surface area contributed by atoms with Gasteiger partial charge in [-0.25, -0.2) is 15.0 Å². The van der Waals surface area contributed by atoms with Gasteiger partial charge in [0, 0.05) is 42.8 Å². The highest BCUT2D eigenvalue weighted by Gasteiger charge is 2.33. The van der Waals surface area contributed by atoms with E-state index in [1.165, 1.54) is 0 Å². The largest absolute Gasteiger partial charge is 0.347 e. The van der Waals surface area contributed by atoms with Crippen LogP contribution in [0.5, 0.6) is 0 Å². The molecule has 1 aromatic carbocycles. The Morgan fingerprint density at radius 2 is 2.17 bits per heavy atom. The number of carbonyl (C=O) groups excluding carboxylic acids is 1. The lowest BCUT2D eigenvalue weighted by Crippen LogP contribution is -2.33. The molecule has 1 atom stereocenters. The number of likely N-dealkylation sites (tertiary alicyclic amines) is 1. The van der Waals surface area contributed by atoms with Gasteiger partial charge in [-0.3, -0.25) is 4.79 Å². The zero-order valence-electron chi connectivity index (χ0n) is 17.3. The van der Waals surface area contributed by atoms with Crippen molar-refractivity contribution in [2.24, 2.45) is 0 Å². The molecule has 8 heteroatoms. The van der Waals surface area contributed by atoms with E-state index in [1.807, 2.05) is 66.7 Å². The number of hydrogen-bond donors (Lipinski definition) is 0. The van der Waals surface area contributed by atoms with Crippen LogP contribution in [-0.4, -0.2) is 46.4 Å². The molecule has 2 aromatic heterocycles. The molecule has 0 saturated carbocycles. The molecule has 4 rings (SSSR count). The minimum atomic E-state index is -0.0899. The molecule has 0 radical (unpaired) electrons. The SMILES string of the molecule is Cc1nc(CC(=O)N2CCC[C@H]2c2nc(N(C)C)ncc2-c2cccc(Cl)c2)cs1. The van der Waals surface area contributed by atoms with Crippen molar-refractivity contribution in [3.63, 3.8) is 0 Å². The Morgan fingerprint density at radius 1 is 1.33 bits per heavy atom. The topological polar surface area (TPSA) is 62.2 Å². The molecule has 0 N–H and O–H groups in total. The van der Waals surface area contributed by atoms with Crippen LogP contribution in [0.15, 0.2) is 35.8 Å². The number of aryl methyl sites for hydroxylation is 1. The van der Waals surface area contributed by atoms with Gasteiger partial charge in [-0.1, -0.05) is 23.7 Å². The summed E-state index contributed by atoms with van der Waals surface area (Å²) in [6.45, 7) is 2.68. The first-order valence-electron chi connectivity index (χ1n) is 9.93. The second kappa shape index (κ2) is 8.70. The Morgan fingerprint density at radius 3 is 2.87 bits per heavy atom. The summed E-state index contributed by atoms with van der Waals surface area (Å²) in [5.74, 6) is 0.718. The van der Waals surface area contributed by atoms with Gasteiger partial charge in [-0.2, -0.15) is 0 Å². The lowest BCUT2D eigenvalue weighted by molar-refractivity contribution is -0.131. The molecule has 30 heavy (non-hydrogen) atoms. The number of hydrogen-bond acceptors (Lipinski definition) is 6. The van der Waals surface area contributed by atoms with Crippen molar-refractivity contribution in [2.75, 3.05) is 25.5 Å². The number of aromatic nitrogens is 3. The molecule has 0 bridgehead atoms. The van der Waals surface area contributed by atoms with Crippen LogP contribution in [0.2, 0.25) is 5.02 Å². The monoisotopic (exact) mass is 441 g/mol. The Balaban J connectivity index is 1.71. The normalized spacial score (nSPS) is 16.1. The van der Waals surface area contributed by atoms with E-state index in [2.05, 4.69) is 9.97 Å². The van der Waals surface area contributed by atoms with Gasteiger partial charge in [0.05, 0.1) is 28.9 Å². The highest BCUT2D eigenvalue weighted by Crippen LogP contribution is 2.38. The second-order valence-corrected chi connectivity index (χ2v) is 9.15. The lowest BCUT2D eigenvalue weighted by Gasteiger charge is -2.26. The van der Waals surface area contributed by atoms with Crippen LogP contribution in [0.4, 0.5) is 5.95 Å². The average molecular weight is 442 g/mol. The number of anilines is 1. The molecule has 3 heterocycles. The summed E-state index contributed by atoms with van der Waals surface area (Å²) >= 11 is 7.81. The average Bonchev–Trinajstić information content (AvgIpc) is 3.36. The molecule has 1 aliphatic heterocycles. The van der Waals surface area contributed by atoms with Crippen LogP contribution < -0.4 is 4.90 Å². The Bertz CT molecular complexity index is 1070. The molecule has 1 saturated heterocycles. The number of nitrogens with zero attached hydrogens (tertiary/aromatic N) is 5. The quantitative estimate of drug-likeness (QED) is 0.581. The van der Waals surface area contributed by atoms with Gasteiger partial charge in [0.25, 0.3) is 0 Å². The van der Waals surface area contributed by atoms with Crippen molar-refractivity contribution in [3.05, 3.63) is 57.3 Å². The molecule has 6 nitrogen and oxygen atoms in total. The molecule has 0 spiro atoms. The fourth-order valence-electron chi connectivity index (χ4n) is 3.83. The summed E-state index contributed by atoms with van der Waals surface area (Å²) in [6.07, 6.45) is 3.98. The van der Waals surface area contributed by atoms with Crippen molar-refractivity contribution in [1.29, 1.82) is 0 Å². The molecule has 0 unspecified atom stereocenters. The van der Waals surface area contributed by atoms with Gasteiger partial charge in [-0.05, 0) is 37.5 Å². The molecule has 156 valence electrons. The summed E-state index contributed by atoms with van der Waals surface area (Å²) in [5, 5.41) is 3.60. The van der Waals surface area contributed by atoms with Gasteiger partial charge in [-0.15, -0.1) is 11.3 Å². The second-order valence-electron chi connectivity index (χ2n) is 7.65. The molecule has 3 aromatic rings. The third-order valence-corrected chi connectivity index (χ3v) is 6.29. The van der Waals surface area contributed by atoms with E-state index < -0.39 is 0 Å². The fourth-order valence-corrected chi connectivity index (χ4v) is 4.63. The zero-order chi connectivity index (χ0) is 21.3. The molecule has 1 amide bonds. The van der Waals surface area contributed by atoms with Crippen LogP contribution in [-0.2, 0) is 11.2 Å². The van der Waals surface area contributed by atoms with Crippen molar-refractivity contribution in [3.8, 4) is 11.1 Å². The highest BCUT2D eigenvalue weighted by molar-refractivity contribution is 7.09. The fraction of sp³-hybridized carbons (Fsp3) is 0.364. The third-order valence-electron chi connectivity index (χ3n) is 5.23. The highest BCUT2D eigenvalue weighted by atomic mass is 35.5. The Labute approximate surface area is 185 Å². The van der Waals surface area contributed by atoms with Crippen LogP contribution >= 0.6 is 22.9 Å². The summed E-state index contributed by atoms with van der Waals surface area (Å²) < 4.78 is 0. The van der Waals surface area contributed by atoms with E-state index in [0.717, 1.165) is 46.9 Å². The third kappa shape index (κ3) is 4.32. The number of benzene rings is 1. The summed E-state index contributed by atoms with van der Waals surface area (Å²) in [4.78, 5) is 30.8. The minimum absolute atomic E-state index is 0.0878. The van der Waals surface area contributed by atoms with Gasteiger partial charge >= 0.3 is 0 Å². The van der Waals surface area contributed by atoms with Crippen molar-refractivity contribution >= 4 is 34.8 Å². The number of thiazole rings is 1. The molecular weight excluding hydrogens is 418 g/mol. The predicted molar refractivity (Wildman–Crippen MR) is 121 cm³/mol. The lowest BCUT2D eigenvalue weighted by atomic mass is 9.99. The van der Waals surface area contributed by atoms with E-state index in [1.54, 1.807) is 11.3 Å². The summed E-state index contributed by atoms with van der Waals surface area (Å²) in [6, 6.07) is 7.60. The van der Waals surface area contributed by atoms with E-state index in [4.69, 9.17) is 16.6 Å². The summed E-state index contributed by atoms with van der Waals surface area (Å²) in [5.41, 5.74) is 3.57. The number of carbonyl (C=O) groups is 1. The van der Waals surface area contributed by atoms with Crippen molar-refractivity contribution in [2.45, 2.75) is 32.2 Å². The predicted octanol–water partition coefficient (Wildman–Crippen LogP) is 4.53. The van der Waals surface area contributed by atoms with E-state index in [9.17, 15) is 4.79 Å². The maximum absolute atomic E-state index is 13.1. The standard InChI is InChI=1S/C22H24ClN5OS/c1-14-25-17(13-30-14)11-20(29)28-9-5-8-19(28)21-18(12-24-22(26-21)27(2)3)15-6-4-7-16(23)10-15/h4,6-7,10,12-13,19H,5,8-9,11H2,1-3H3/t19-/m0/s1. The van der Waals surface area contributed by atoms with Crippen LogP contribution in [0.1, 0.15) is 35.3 Å². The zero-order valence-corrected chi connectivity index (χ0v) is 18.9. The minimum Gasteiger partial charge on any atom is -0.347 e. The van der Waals surface area contributed by atoms with Gasteiger partial charge in [0.1, 0.15) is 0 Å². The van der Waals surface area contributed by atoms with E-state index in [0.29, 0.717) is 17.4 Å². The first kappa shape index (κ1) is 20.8. The molecular formula is C22H24ClN5OS. The maximum Gasteiger partial charge on any atom is 0.229 e. The van der Waals surface area contributed by atoms with Gasteiger partial charge in [0.15, 0.2) is 0 Å². The van der Waals surface area contributed by atoms with Gasteiger partial charge < -0.3 is 9.80 Å². The number of halogens is 1. The van der Waals surface area contributed by atoms with Crippen LogP contribution in [0, 0.1) is 6.92 Å². The first-order valence-corrected chi connectivity index (χ1v) is 11.2. The van der Waals surface area contributed by atoms with Crippen molar-refractivity contribution < 1.29 is 4.79 Å². The Hall–Kier alpha value is -2.51. The summed E-state index contributed by atoms with van der Waals surface area (Å²) in [7, 11) is 3.83. The molecule has 1 aliphatic rings. The van der Waals surface area contributed by atoms with Gasteiger partial charge in [0.2, 0.25) is 11.9 Å². The number of amides is 1. The smallest absolute Gasteiger partial charge is 0.229 e. The van der Waals surface area contributed by atoms with E-state index in [-0.39, 0.29) is 11.9 Å². The van der Waals surface area contributed by atoms with Crippen LogP contribution in [0.3, 0.4) is 0 Å². The number of rotatable bonds is 5.